The zero-order valence-electron chi connectivity index (χ0n) is 12.7. The lowest BCUT2D eigenvalue weighted by Gasteiger charge is -2.15. The molecule has 0 unspecified atom stereocenters. The molecule has 2 rings (SSSR count). The molecule has 0 aliphatic heterocycles. The van der Waals surface area contributed by atoms with Gasteiger partial charge in [0.2, 0.25) is 0 Å². The molecule has 0 aliphatic rings. The van der Waals surface area contributed by atoms with Crippen molar-refractivity contribution in [3.05, 3.63) is 58.1 Å². The van der Waals surface area contributed by atoms with Gasteiger partial charge in [-0.05, 0) is 54.3 Å². The monoisotopic (exact) mass is 348 g/mol. The quantitative estimate of drug-likeness (QED) is 0.656. The molecule has 2 aromatic rings. The number of halogens is 1. The van der Waals surface area contributed by atoms with E-state index in [2.05, 4.69) is 54.9 Å². The molecular formula is C18H21BrO2. The Morgan fingerprint density at radius 2 is 1.62 bits per heavy atom. The van der Waals surface area contributed by atoms with Crippen LogP contribution in [0.3, 0.4) is 0 Å². The van der Waals surface area contributed by atoms with Crippen molar-refractivity contribution in [3.63, 3.8) is 0 Å². The third-order valence-electron chi connectivity index (χ3n) is 3.21. The highest BCUT2D eigenvalue weighted by Gasteiger charge is 2.08. The van der Waals surface area contributed by atoms with Crippen molar-refractivity contribution >= 4 is 15.9 Å². The van der Waals surface area contributed by atoms with Gasteiger partial charge in [-0.1, -0.05) is 41.9 Å². The fraction of sp³-hybridized carbons (Fsp3) is 0.333. The minimum absolute atomic E-state index is 0.452. The van der Waals surface area contributed by atoms with E-state index in [0.29, 0.717) is 19.1 Å². The first-order valence-electron chi connectivity index (χ1n) is 7.18. The molecule has 0 aliphatic carbocycles. The first kappa shape index (κ1) is 15.9. The van der Waals surface area contributed by atoms with Gasteiger partial charge in [-0.25, -0.2) is 0 Å². The molecule has 3 heteroatoms. The van der Waals surface area contributed by atoms with Gasteiger partial charge in [0.05, 0.1) is 0 Å². The number of benzene rings is 2. The Hall–Kier alpha value is -1.48. The highest BCUT2D eigenvalue weighted by molar-refractivity contribution is 9.10. The smallest absolute Gasteiger partial charge is 0.123 e. The maximum atomic E-state index is 5.89. The van der Waals surface area contributed by atoms with Gasteiger partial charge in [-0.3, -0.25) is 0 Å². The Bertz CT molecular complexity index is 576. The van der Waals surface area contributed by atoms with Crippen molar-refractivity contribution in [2.75, 3.05) is 13.2 Å². The molecule has 0 saturated carbocycles. The molecular weight excluding hydrogens is 328 g/mol. The number of rotatable bonds is 6. The summed E-state index contributed by atoms with van der Waals surface area (Å²) >= 11 is 3.41. The molecule has 0 bridgehead atoms. The van der Waals surface area contributed by atoms with Crippen LogP contribution in [0.15, 0.2) is 46.9 Å². The van der Waals surface area contributed by atoms with E-state index in [1.165, 1.54) is 11.1 Å². The summed E-state index contributed by atoms with van der Waals surface area (Å²) in [5, 5.41) is 0. The van der Waals surface area contributed by atoms with Gasteiger partial charge >= 0.3 is 0 Å². The van der Waals surface area contributed by atoms with E-state index in [1.807, 2.05) is 24.3 Å². The summed E-state index contributed by atoms with van der Waals surface area (Å²) in [5.41, 5.74) is 2.45. The Labute approximate surface area is 135 Å². The van der Waals surface area contributed by atoms with E-state index in [0.717, 1.165) is 16.0 Å². The van der Waals surface area contributed by atoms with Crippen LogP contribution >= 0.6 is 15.9 Å². The molecule has 0 saturated heterocycles. The van der Waals surface area contributed by atoms with Crippen LogP contribution in [-0.2, 0) is 0 Å². The van der Waals surface area contributed by atoms with Crippen LogP contribution in [0, 0.1) is 6.92 Å². The SMILES string of the molecule is Cc1ccc(C(C)C)c(OCCOc2ccc(Br)cc2)c1. The molecule has 0 radical (unpaired) electrons. The lowest BCUT2D eigenvalue weighted by atomic mass is 10.0. The Morgan fingerprint density at radius 1 is 0.952 bits per heavy atom. The third kappa shape index (κ3) is 4.78. The highest BCUT2D eigenvalue weighted by atomic mass is 79.9. The molecule has 112 valence electrons. The second-order valence-corrected chi connectivity index (χ2v) is 6.26. The van der Waals surface area contributed by atoms with Gasteiger partial charge in [0, 0.05) is 4.47 Å². The lowest BCUT2D eigenvalue weighted by Crippen LogP contribution is -2.10. The van der Waals surface area contributed by atoms with Crippen molar-refractivity contribution in [2.24, 2.45) is 0 Å². The Balaban J connectivity index is 1.88. The van der Waals surface area contributed by atoms with Crippen LogP contribution in [0.1, 0.15) is 30.9 Å². The van der Waals surface area contributed by atoms with E-state index in [9.17, 15) is 0 Å². The summed E-state index contributed by atoms with van der Waals surface area (Å²) in [4.78, 5) is 0. The molecule has 0 amide bonds. The van der Waals surface area contributed by atoms with Crippen molar-refractivity contribution in [3.8, 4) is 11.5 Å². The van der Waals surface area contributed by atoms with Gasteiger partial charge in [-0.15, -0.1) is 0 Å². The largest absolute Gasteiger partial charge is 0.490 e. The summed E-state index contributed by atoms with van der Waals surface area (Å²) < 4.78 is 12.6. The van der Waals surface area contributed by atoms with Crippen molar-refractivity contribution in [1.82, 2.24) is 0 Å². The van der Waals surface area contributed by atoms with Crippen molar-refractivity contribution in [2.45, 2.75) is 26.7 Å². The van der Waals surface area contributed by atoms with E-state index >= 15 is 0 Å². The van der Waals surface area contributed by atoms with Crippen LogP contribution in [0.4, 0.5) is 0 Å². The van der Waals surface area contributed by atoms with Crippen molar-refractivity contribution < 1.29 is 9.47 Å². The third-order valence-corrected chi connectivity index (χ3v) is 3.74. The Kier molecular flexibility index (Phi) is 5.68. The maximum Gasteiger partial charge on any atom is 0.123 e. The molecule has 0 heterocycles. The summed E-state index contributed by atoms with van der Waals surface area (Å²) in [6.07, 6.45) is 0. The molecule has 0 N–H and O–H groups in total. The van der Waals surface area contributed by atoms with Crippen LogP contribution in [0.2, 0.25) is 0 Å². The molecule has 2 aromatic carbocycles. The number of ether oxygens (including phenoxy) is 2. The average Bonchev–Trinajstić information content (AvgIpc) is 2.45. The lowest BCUT2D eigenvalue weighted by molar-refractivity contribution is 0.215. The molecule has 21 heavy (non-hydrogen) atoms. The summed E-state index contributed by atoms with van der Waals surface area (Å²) in [7, 11) is 0. The fourth-order valence-electron chi connectivity index (χ4n) is 2.09. The van der Waals surface area contributed by atoms with Gasteiger partial charge in [0.25, 0.3) is 0 Å². The molecule has 2 nitrogen and oxygen atoms in total. The van der Waals surface area contributed by atoms with Gasteiger partial charge in [0.15, 0.2) is 0 Å². The van der Waals surface area contributed by atoms with E-state index in [4.69, 9.17) is 9.47 Å². The van der Waals surface area contributed by atoms with E-state index in [-0.39, 0.29) is 0 Å². The minimum Gasteiger partial charge on any atom is -0.490 e. The van der Waals surface area contributed by atoms with Gasteiger partial charge in [-0.2, -0.15) is 0 Å². The first-order valence-corrected chi connectivity index (χ1v) is 7.97. The van der Waals surface area contributed by atoms with Crippen LogP contribution in [-0.4, -0.2) is 13.2 Å². The minimum atomic E-state index is 0.452. The van der Waals surface area contributed by atoms with Crippen molar-refractivity contribution in [1.29, 1.82) is 0 Å². The average molecular weight is 349 g/mol. The standard InChI is InChI=1S/C18H21BrO2/c1-13(2)17-9-4-14(3)12-18(17)21-11-10-20-16-7-5-15(19)6-8-16/h4-9,12-13H,10-11H2,1-3H3. The van der Waals surface area contributed by atoms with Crippen LogP contribution < -0.4 is 9.47 Å². The molecule has 0 aromatic heterocycles. The van der Waals surface area contributed by atoms with Gasteiger partial charge < -0.3 is 9.47 Å². The molecule has 0 atom stereocenters. The van der Waals surface area contributed by atoms with Gasteiger partial charge in [0.1, 0.15) is 24.7 Å². The van der Waals surface area contributed by atoms with E-state index in [1.54, 1.807) is 0 Å². The van der Waals surface area contributed by atoms with Crippen LogP contribution in [0.5, 0.6) is 11.5 Å². The normalized spacial score (nSPS) is 10.7. The highest BCUT2D eigenvalue weighted by Crippen LogP contribution is 2.27. The topological polar surface area (TPSA) is 18.5 Å². The zero-order chi connectivity index (χ0) is 15.2. The number of hydrogen-bond acceptors (Lipinski definition) is 2. The number of hydrogen-bond donors (Lipinski definition) is 0. The number of aryl methyl sites for hydroxylation is 1. The van der Waals surface area contributed by atoms with E-state index < -0.39 is 0 Å². The molecule has 0 spiro atoms. The first-order chi connectivity index (χ1) is 10.1. The second kappa shape index (κ2) is 7.51. The summed E-state index contributed by atoms with van der Waals surface area (Å²) in [6.45, 7) is 7.51. The zero-order valence-corrected chi connectivity index (χ0v) is 14.3. The van der Waals surface area contributed by atoms with Crippen LogP contribution in [0.25, 0.3) is 0 Å². The summed E-state index contributed by atoms with van der Waals surface area (Å²) in [6, 6.07) is 14.2. The predicted octanol–water partition coefficient (Wildman–Crippen LogP) is 5.34. The Morgan fingerprint density at radius 3 is 2.29 bits per heavy atom. The maximum absolute atomic E-state index is 5.89. The summed E-state index contributed by atoms with van der Waals surface area (Å²) in [5.74, 6) is 2.27. The fourth-order valence-corrected chi connectivity index (χ4v) is 2.35. The molecule has 0 fully saturated rings. The predicted molar refractivity (Wildman–Crippen MR) is 90.4 cm³/mol. The second-order valence-electron chi connectivity index (χ2n) is 5.35.